The number of pyridine rings is 2. The fourth-order valence-electron chi connectivity index (χ4n) is 10.0. The van der Waals surface area contributed by atoms with Gasteiger partial charge < -0.3 is 0 Å². The van der Waals surface area contributed by atoms with Crippen molar-refractivity contribution < 1.29 is 0 Å². The Kier molecular flexibility index (Phi) is 7.64. The van der Waals surface area contributed by atoms with Gasteiger partial charge in [0, 0.05) is 23.2 Å². The summed E-state index contributed by atoms with van der Waals surface area (Å²) in [4.78, 5) is 9.53. The number of nitrogens with zero attached hydrogens (tertiary/aromatic N) is 2. The molecule has 0 fully saturated rings. The van der Waals surface area contributed by atoms with Gasteiger partial charge >= 0.3 is 0 Å². The Morgan fingerprint density at radius 3 is 1.40 bits per heavy atom. The maximum atomic E-state index is 4.81. The van der Waals surface area contributed by atoms with Gasteiger partial charge in [-0.05, 0) is 120 Å². The molecule has 0 bridgehead atoms. The Morgan fingerprint density at radius 2 is 0.836 bits per heavy atom. The highest BCUT2D eigenvalue weighted by atomic mass is 14.6. The molecule has 0 atom stereocenters. The highest BCUT2D eigenvalue weighted by Crippen LogP contribution is 2.44. The SMILES string of the molecule is Cc1cc(C)c(B(c2c(C)cc(C)cc2C)c2cc(-c3ccnc4ccccc34)c3ccc4c(-c5ccnc6ccccc56)ccc5ccc2c3c54)c(C)c1. The molecule has 0 amide bonds. The molecule has 2 nitrogen and oxygen atoms in total. The first kappa shape index (κ1) is 33.3. The summed E-state index contributed by atoms with van der Waals surface area (Å²) in [5.74, 6) is 0. The zero-order valence-electron chi connectivity index (χ0n) is 32.3. The summed E-state index contributed by atoms with van der Waals surface area (Å²) in [5.41, 5.74) is 18.9. The van der Waals surface area contributed by atoms with Gasteiger partial charge in [0.2, 0.25) is 6.71 Å². The van der Waals surface area contributed by atoms with Gasteiger partial charge in [-0.15, -0.1) is 0 Å². The van der Waals surface area contributed by atoms with E-state index in [1.54, 1.807) is 0 Å². The van der Waals surface area contributed by atoms with Gasteiger partial charge in [-0.1, -0.05) is 153 Å². The molecule has 10 aromatic rings. The second-order valence-electron chi connectivity index (χ2n) is 15.7. The van der Waals surface area contributed by atoms with Gasteiger partial charge in [0.1, 0.15) is 0 Å². The number of rotatable bonds is 5. The molecule has 0 aliphatic carbocycles. The summed E-state index contributed by atoms with van der Waals surface area (Å²) in [6.45, 7) is 13.7. The van der Waals surface area contributed by atoms with Crippen LogP contribution in [-0.4, -0.2) is 16.7 Å². The smallest absolute Gasteiger partial charge is 0.243 e. The largest absolute Gasteiger partial charge is 0.256 e. The van der Waals surface area contributed by atoms with E-state index in [1.165, 1.54) is 110 Å². The van der Waals surface area contributed by atoms with Gasteiger partial charge in [-0.2, -0.15) is 0 Å². The second kappa shape index (κ2) is 12.6. The van der Waals surface area contributed by atoms with E-state index in [1.807, 2.05) is 12.4 Å². The van der Waals surface area contributed by atoms with Crippen LogP contribution in [-0.2, 0) is 0 Å². The minimum atomic E-state index is 0.0150. The second-order valence-corrected chi connectivity index (χ2v) is 15.7. The molecule has 8 aromatic carbocycles. The molecular weight excluding hydrogens is 663 g/mol. The van der Waals surface area contributed by atoms with Crippen LogP contribution in [0.25, 0.3) is 76.4 Å². The molecule has 0 unspecified atom stereocenters. The number of para-hydroxylation sites is 2. The Bertz CT molecular complexity index is 3060. The Morgan fingerprint density at radius 1 is 0.382 bits per heavy atom. The molecule has 3 heteroatoms. The van der Waals surface area contributed by atoms with Crippen molar-refractivity contribution >= 4 is 77.2 Å². The lowest BCUT2D eigenvalue weighted by Crippen LogP contribution is -2.56. The van der Waals surface area contributed by atoms with Crippen LogP contribution in [0.4, 0.5) is 0 Å². The molecular formula is C52H41BN2. The van der Waals surface area contributed by atoms with E-state index in [2.05, 4.69) is 169 Å². The minimum Gasteiger partial charge on any atom is -0.256 e. The molecule has 0 aliphatic rings. The van der Waals surface area contributed by atoms with Crippen LogP contribution in [0.2, 0.25) is 0 Å². The minimum absolute atomic E-state index is 0.0150. The molecule has 0 aliphatic heterocycles. The molecule has 0 saturated carbocycles. The van der Waals surface area contributed by atoms with Gasteiger partial charge in [0.15, 0.2) is 0 Å². The lowest BCUT2D eigenvalue weighted by atomic mass is 9.33. The van der Waals surface area contributed by atoms with Crippen LogP contribution >= 0.6 is 0 Å². The third-order valence-corrected chi connectivity index (χ3v) is 12.1. The molecule has 2 heterocycles. The van der Waals surface area contributed by atoms with Crippen LogP contribution in [0.5, 0.6) is 0 Å². The van der Waals surface area contributed by atoms with E-state index in [-0.39, 0.29) is 6.71 Å². The zero-order valence-corrected chi connectivity index (χ0v) is 32.3. The average molecular weight is 705 g/mol. The van der Waals surface area contributed by atoms with Gasteiger partial charge in [-0.3, -0.25) is 9.97 Å². The van der Waals surface area contributed by atoms with Crippen molar-refractivity contribution in [1.29, 1.82) is 0 Å². The van der Waals surface area contributed by atoms with Crippen LogP contribution < -0.4 is 16.4 Å². The number of hydrogen-bond donors (Lipinski definition) is 0. The van der Waals surface area contributed by atoms with E-state index in [0.29, 0.717) is 0 Å². The standard InChI is InChI=1S/C52H41BN2/c1-30-25-32(3)51(33(4)26-30)53(52-34(5)27-31(2)28-35(52)6)46-29-45(39-22-24-55-48-14-10-8-12-41(39)48)43-20-19-42-37(17-15-36-16-18-44(46)50(43)49(36)42)38-21-23-54-47-13-9-7-11-40(38)47/h7-29H,1-6H3. The van der Waals surface area contributed by atoms with Crippen LogP contribution in [0.15, 0.2) is 140 Å². The fraction of sp³-hybridized carbons (Fsp3) is 0.115. The van der Waals surface area contributed by atoms with Crippen molar-refractivity contribution in [2.45, 2.75) is 41.5 Å². The van der Waals surface area contributed by atoms with E-state index in [9.17, 15) is 0 Å². The first-order valence-electron chi connectivity index (χ1n) is 19.3. The third-order valence-electron chi connectivity index (χ3n) is 12.1. The number of benzene rings is 8. The predicted molar refractivity (Wildman–Crippen MR) is 238 cm³/mol. The van der Waals surface area contributed by atoms with Crippen molar-refractivity contribution in [2.24, 2.45) is 0 Å². The Balaban J connectivity index is 1.40. The summed E-state index contributed by atoms with van der Waals surface area (Å²) in [5, 5.41) is 10.0. The lowest BCUT2D eigenvalue weighted by Gasteiger charge is -2.27. The normalized spacial score (nSPS) is 11.8. The molecule has 0 saturated heterocycles. The highest BCUT2D eigenvalue weighted by Gasteiger charge is 2.32. The molecule has 0 spiro atoms. The molecule has 262 valence electrons. The van der Waals surface area contributed by atoms with Gasteiger partial charge in [0.05, 0.1) is 11.0 Å². The Labute approximate surface area is 322 Å². The zero-order chi connectivity index (χ0) is 37.5. The summed E-state index contributed by atoms with van der Waals surface area (Å²) < 4.78 is 0. The van der Waals surface area contributed by atoms with Gasteiger partial charge in [-0.25, -0.2) is 0 Å². The highest BCUT2D eigenvalue weighted by molar-refractivity contribution is 6.98. The lowest BCUT2D eigenvalue weighted by molar-refractivity contribution is 1.34. The summed E-state index contributed by atoms with van der Waals surface area (Å²) in [7, 11) is 0. The molecule has 2 aromatic heterocycles. The predicted octanol–water partition coefficient (Wildman–Crippen LogP) is 11.4. The number of fused-ring (bicyclic) bond motifs is 2. The van der Waals surface area contributed by atoms with E-state index < -0.39 is 0 Å². The van der Waals surface area contributed by atoms with Gasteiger partial charge in [0.25, 0.3) is 0 Å². The maximum absolute atomic E-state index is 4.81. The average Bonchev–Trinajstić information content (AvgIpc) is 3.18. The van der Waals surface area contributed by atoms with Crippen LogP contribution in [0.3, 0.4) is 0 Å². The first-order valence-corrected chi connectivity index (χ1v) is 19.3. The first-order chi connectivity index (χ1) is 26.8. The van der Waals surface area contributed by atoms with Crippen molar-refractivity contribution in [3.05, 3.63) is 173 Å². The topological polar surface area (TPSA) is 25.8 Å². The molecule has 55 heavy (non-hydrogen) atoms. The van der Waals surface area contributed by atoms with Crippen LogP contribution in [0.1, 0.15) is 33.4 Å². The van der Waals surface area contributed by atoms with E-state index in [0.717, 1.165) is 16.4 Å². The number of hydrogen-bond acceptors (Lipinski definition) is 2. The quantitative estimate of drug-likeness (QED) is 0.132. The summed E-state index contributed by atoms with van der Waals surface area (Å²) in [6.07, 6.45) is 3.92. The molecule has 0 N–H and O–H groups in total. The van der Waals surface area contributed by atoms with Crippen LogP contribution in [0, 0.1) is 41.5 Å². The molecule has 0 radical (unpaired) electrons. The van der Waals surface area contributed by atoms with Crippen molar-refractivity contribution in [2.75, 3.05) is 0 Å². The fourth-order valence-corrected chi connectivity index (χ4v) is 10.0. The van der Waals surface area contributed by atoms with Crippen molar-refractivity contribution in [3.8, 4) is 22.3 Å². The van der Waals surface area contributed by atoms with Crippen molar-refractivity contribution in [1.82, 2.24) is 9.97 Å². The summed E-state index contributed by atoms with van der Waals surface area (Å²) in [6, 6.07) is 47.6. The third kappa shape index (κ3) is 5.17. The molecule has 10 rings (SSSR count). The number of aryl methyl sites for hydroxylation is 6. The Hall–Kier alpha value is -6.32. The van der Waals surface area contributed by atoms with Crippen molar-refractivity contribution in [3.63, 3.8) is 0 Å². The monoisotopic (exact) mass is 704 g/mol. The number of aromatic nitrogens is 2. The summed E-state index contributed by atoms with van der Waals surface area (Å²) >= 11 is 0. The maximum Gasteiger partial charge on any atom is 0.243 e. The van der Waals surface area contributed by atoms with E-state index in [4.69, 9.17) is 9.97 Å². The van der Waals surface area contributed by atoms with E-state index >= 15 is 0 Å².